The van der Waals surface area contributed by atoms with E-state index in [9.17, 15) is 19.2 Å². The van der Waals surface area contributed by atoms with E-state index in [0.717, 1.165) is 9.78 Å². The van der Waals surface area contributed by atoms with Gasteiger partial charge < -0.3 is 10.6 Å². The van der Waals surface area contributed by atoms with E-state index in [4.69, 9.17) is 5.73 Å². The number of primary amides is 1. The van der Waals surface area contributed by atoms with Crippen LogP contribution in [0.5, 0.6) is 0 Å². The Morgan fingerprint density at radius 2 is 1.72 bits per heavy atom. The fraction of sp³-hybridized carbons (Fsp3) is 0.417. The lowest BCUT2D eigenvalue weighted by atomic mass is 10.0. The van der Waals surface area contributed by atoms with Crippen molar-refractivity contribution in [1.82, 2.24) is 4.90 Å². The summed E-state index contributed by atoms with van der Waals surface area (Å²) in [7, 11) is 0. The third kappa shape index (κ3) is 3.43. The van der Waals surface area contributed by atoms with Gasteiger partial charge >= 0.3 is 0 Å². The molecule has 2 N–H and O–H groups in total. The zero-order chi connectivity index (χ0) is 23.4. The van der Waals surface area contributed by atoms with Gasteiger partial charge in [0.15, 0.2) is 0 Å². The number of benzene rings is 1. The highest BCUT2D eigenvalue weighted by molar-refractivity contribution is 7.09. The lowest BCUT2D eigenvalue weighted by molar-refractivity contribution is -0.141. The molecule has 2 aromatic rings. The average Bonchev–Trinajstić information content (AvgIpc) is 3.14. The maximum atomic E-state index is 13.7. The van der Waals surface area contributed by atoms with Gasteiger partial charge in [-0.2, -0.15) is 0 Å². The smallest absolute Gasteiger partial charge is 0.257 e. The van der Waals surface area contributed by atoms with Crippen molar-refractivity contribution in [3.8, 4) is 0 Å². The molecule has 1 unspecified atom stereocenters. The Morgan fingerprint density at radius 3 is 2.22 bits per heavy atom. The molecule has 2 heterocycles. The standard InChI is InChI=1S/C24H27N3O4S/c1-23(2)19(24(23,3)4)22(31)26(13-16-6-5-11-32-16)17-12-18(28)27(21(17)30)15-9-7-14(8-10-15)20(25)29/h5-11,17,19H,12-13H2,1-4H3,(H2,25,29). The molecule has 2 aliphatic rings. The first-order chi connectivity index (χ1) is 15.0. The van der Waals surface area contributed by atoms with Crippen LogP contribution in [-0.2, 0) is 20.9 Å². The van der Waals surface area contributed by atoms with Crippen molar-refractivity contribution < 1.29 is 19.2 Å². The van der Waals surface area contributed by atoms with Gasteiger partial charge in [0.05, 0.1) is 18.7 Å². The summed E-state index contributed by atoms with van der Waals surface area (Å²) in [6, 6.07) is 8.98. The number of hydrogen-bond donors (Lipinski definition) is 1. The van der Waals surface area contributed by atoms with E-state index < -0.39 is 17.9 Å². The van der Waals surface area contributed by atoms with Crippen LogP contribution in [0.15, 0.2) is 41.8 Å². The van der Waals surface area contributed by atoms with Crippen LogP contribution < -0.4 is 10.6 Å². The number of carbonyl (C=O) groups is 4. The first-order valence-electron chi connectivity index (χ1n) is 10.6. The number of thiophene rings is 1. The summed E-state index contributed by atoms with van der Waals surface area (Å²) in [6.45, 7) is 8.54. The van der Waals surface area contributed by atoms with Gasteiger partial charge in [0.2, 0.25) is 17.7 Å². The van der Waals surface area contributed by atoms with E-state index in [1.54, 1.807) is 4.90 Å². The number of hydrogen-bond acceptors (Lipinski definition) is 5. The van der Waals surface area contributed by atoms with Gasteiger partial charge in [-0.3, -0.25) is 19.2 Å². The molecule has 8 heteroatoms. The van der Waals surface area contributed by atoms with Crippen LogP contribution >= 0.6 is 11.3 Å². The van der Waals surface area contributed by atoms with Gasteiger partial charge in [-0.15, -0.1) is 11.3 Å². The first-order valence-corrected chi connectivity index (χ1v) is 11.4. The molecular formula is C24H27N3O4S. The molecule has 4 rings (SSSR count). The summed E-state index contributed by atoms with van der Waals surface area (Å²) in [6.07, 6.45) is -0.0684. The highest BCUT2D eigenvalue weighted by Crippen LogP contribution is 2.69. The maximum Gasteiger partial charge on any atom is 0.257 e. The second-order valence-corrected chi connectivity index (χ2v) is 10.7. The summed E-state index contributed by atoms with van der Waals surface area (Å²) < 4.78 is 0. The van der Waals surface area contributed by atoms with Gasteiger partial charge in [-0.25, -0.2) is 4.90 Å². The summed E-state index contributed by atoms with van der Waals surface area (Å²) in [4.78, 5) is 54.9. The Labute approximate surface area is 191 Å². The molecule has 1 aromatic heterocycles. The molecule has 168 valence electrons. The third-order valence-electron chi connectivity index (χ3n) is 7.37. The minimum Gasteiger partial charge on any atom is -0.366 e. The Bertz CT molecular complexity index is 1070. The zero-order valence-corrected chi connectivity index (χ0v) is 19.4. The Morgan fingerprint density at radius 1 is 1.09 bits per heavy atom. The van der Waals surface area contributed by atoms with Gasteiger partial charge in [-0.05, 0) is 46.5 Å². The molecule has 0 spiro atoms. The lowest BCUT2D eigenvalue weighted by Gasteiger charge is -2.28. The minimum absolute atomic E-state index is 0.0684. The van der Waals surface area contributed by atoms with E-state index in [1.807, 2.05) is 17.5 Å². The van der Waals surface area contributed by atoms with Crippen molar-refractivity contribution in [2.45, 2.75) is 46.7 Å². The van der Waals surface area contributed by atoms with Crippen LogP contribution in [0.4, 0.5) is 5.69 Å². The Kier molecular flexibility index (Phi) is 5.24. The number of imide groups is 1. The van der Waals surface area contributed by atoms with Crippen molar-refractivity contribution >= 4 is 40.7 Å². The molecule has 32 heavy (non-hydrogen) atoms. The van der Waals surface area contributed by atoms with Gasteiger partial charge in [-0.1, -0.05) is 33.8 Å². The summed E-state index contributed by atoms with van der Waals surface area (Å²) >= 11 is 1.52. The molecule has 2 fully saturated rings. The third-order valence-corrected chi connectivity index (χ3v) is 8.23. The number of nitrogens with zero attached hydrogens (tertiary/aromatic N) is 2. The van der Waals surface area contributed by atoms with Crippen molar-refractivity contribution in [1.29, 1.82) is 0 Å². The lowest BCUT2D eigenvalue weighted by Crippen LogP contribution is -2.46. The number of amides is 4. The number of nitrogens with two attached hydrogens (primary N) is 1. The van der Waals surface area contributed by atoms with E-state index in [-0.39, 0.29) is 47.1 Å². The molecule has 7 nitrogen and oxygen atoms in total. The fourth-order valence-corrected chi connectivity index (χ4v) is 5.50. The van der Waals surface area contributed by atoms with Crippen LogP contribution in [-0.4, -0.2) is 34.6 Å². The normalized spacial score (nSPS) is 21.6. The molecule has 1 saturated carbocycles. The minimum atomic E-state index is -0.861. The van der Waals surface area contributed by atoms with E-state index >= 15 is 0 Å². The number of carbonyl (C=O) groups excluding carboxylic acids is 4. The zero-order valence-electron chi connectivity index (χ0n) is 18.6. The Hall–Kier alpha value is -3.00. The van der Waals surface area contributed by atoms with Crippen molar-refractivity contribution in [3.05, 3.63) is 52.2 Å². The second-order valence-electron chi connectivity index (χ2n) is 9.62. The van der Waals surface area contributed by atoms with E-state index in [2.05, 4.69) is 27.7 Å². The molecule has 1 aliphatic heterocycles. The molecule has 0 radical (unpaired) electrons. The van der Waals surface area contributed by atoms with Crippen LogP contribution in [0.2, 0.25) is 0 Å². The van der Waals surface area contributed by atoms with E-state index in [0.29, 0.717) is 5.69 Å². The highest BCUT2D eigenvalue weighted by atomic mass is 32.1. The predicted octanol–water partition coefficient (Wildman–Crippen LogP) is 3.19. The van der Waals surface area contributed by atoms with E-state index in [1.165, 1.54) is 35.6 Å². The SMILES string of the molecule is CC1(C)C(C(=O)N(Cc2cccs2)C2CC(=O)N(c3ccc(C(N)=O)cc3)C2=O)C1(C)C. The topological polar surface area (TPSA) is 101 Å². The summed E-state index contributed by atoms with van der Waals surface area (Å²) in [5.74, 6) is -1.70. The van der Waals surface area contributed by atoms with Crippen molar-refractivity contribution in [3.63, 3.8) is 0 Å². The molecule has 1 aliphatic carbocycles. The van der Waals surface area contributed by atoms with Crippen LogP contribution in [0.3, 0.4) is 0 Å². The largest absolute Gasteiger partial charge is 0.366 e. The number of rotatable bonds is 6. The van der Waals surface area contributed by atoms with Crippen LogP contribution in [0.25, 0.3) is 0 Å². The van der Waals surface area contributed by atoms with Gasteiger partial charge in [0.25, 0.3) is 5.91 Å². The highest BCUT2D eigenvalue weighted by Gasteiger charge is 2.69. The summed E-state index contributed by atoms with van der Waals surface area (Å²) in [5.41, 5.74) is 5.56. The van der Waals surface area contributed by atoms with Crippen molar-refractivity contribution in [2.75, 3.05) is 4.90 Å². The van der Waals surface area contributed by atoms with Crippen molar-refractivity contribution in [2.24, 2.45) is 22.5 Å². The van der Waals surface area contributed by atoms with Crippen LogP contribution in [0, 0.1) is 16.7 Å². The van der Waals surface area contributed by atoms with Gasteiger partial charge in [0, 0.05) is 16.4 Å². The molecule has 1 saturated heterocycles. The molecule has 0 bridgehead atoms. The summed E-state index contributed by atoms with van der Waals surface area (Å²) in [5, 5.41) is 1.93. The predicted molar refractivity (Wildman–Crippen MR) is 122 cm³/mol. The second kappa shape index (κ2) is 7.55. The monoisotopic (exact) mass is 453 g/mol. The molecule has 4 amide bonds. The maximum absolute atomic E-state index is 13.7. The average molecular weight is 454 g/mol. The quantitative estimate of drug-likeness (QED) is 0.679. The number of anilines is 1. The first kappa shape index (κ1) is 22.2. The van der Waals surface area contributed by atoms with Gasteiger partial charge in [0.1, 0.15) is 6.04 Å². The molecule has 1 atom stereocenters. The molecular weight excluding hydrogens is 426 g/mol. The Balaban J connectivity index is 1.64. The molecule has 1 aromatic carbocycles. The fourth-order valence-electron chi connectivity index (χ4n) is 4.80. The van der Waals surface area contributed by atoms with Crippen LogP contribution in [0.1, 0.15) is 49.4 Å².